The summed E-state index contributed by atoms with van der Waals surface area (Å²) in [6.07, 6.45) is 6.02. The van der Waals surface area contributed by atoms with Gasteiger partial charge in [-0.05, 0) is 98.0 Å². The summed E-state index contributed by atoms with van der Waals surface area (Å²) < 4.78 is 0. The Morgan fingerprint density at radius 2 is 1.43 bits per heavy atom. The van der Waals surface area contributed by atoms with Gasteiger partial charge in [0, 0.05) is 21.5 Å². The minimum Gasteiger partial charge on any atom is -0.292 e. The van der Waals surface area contributed by atoms with Gasteiger partial charge in [0.05, 0.1) is 5.54 Å². The van der Waals surface area contributed by atoms with Gasteiger partial charge >= 0.3 is 0 Å². The predicted octanol–water partition coefficient (Wildman–Crippen LogP) is 6.37. The Kier molecular flexibility index (Phi) is 4.43. The van der Waals surface area contributed by atoms with E-state index in [1.165, 1.54) is 37.7 Å². The van der Waals surface area contributed by atoms with E-state index in [1.54, 1.807) is 0 Å². The van der Waals surface area contributed by atoms with Crippen molar-refractivity contribution >= 4 is 40.1 Å². The summed E-state index contributed by atoms with van der Waals surface area (Å²) in [5.41, 5.74) is 3.97. The maximum Gasteiger partial charge on any atom is 0.184 e. The second-order valence-corrected chi connectivity index (χ2v) is 10.3. The topological polar surface area (TPSA) is 20.3 Å². The van der Waals surface area contributed by atoms with Crippen LogP contribution in [0.2, 0.25) is 10.0 Å². The van der Waals surface area contributed by atoms with E-state index in [1.807, 2.05) is 36.4 Å². The van der Waals surface area contributed by atoms with Crippen LogP contribution in [0.4, 0.5) is 0 Å². The molecule has 2 saturated carbocycles. The van der Waals surface area contributed by atoms with Crippen molar-refractivity contribution in [1.29, 1.82) is 0 Å². The first-order valence-corrected chi connectivity index (χ1v) is 11.9. The van der Waals surface area contributed by atoms with Crippen molar-refractivity contribution in [2.45, 2.75) is 37.6 Å². The van der Waals surface area contributed by atoms with Crippen molar-refractivity contribution in [3.05, 3.63) is 69.7 Å². The molecular formula is C26H25Cl2NO. The summed E-state index contributed by atoms with van der Waals surface area (Å²) in [6.45, 7) is 2.10. The molecule has 2 bridgehead atoms. The third-order valence-electron chi connectivity index (χ3n) is 8.13. The van der Waals surface area contributed by atoms with E-state index in [0.29, 0.717) is 22.6 Å². The molecule has 2 aromatic rings. The SMILES string of the molecule is O=C1C(c2ccc(Cl)cc2)=C(c2ccc(Cl)cc2)[C@H]2C3CCC(C3)[C@@]12N1CCCC1. The van der Waals surface area contributed by atoms with Crippen molar-refractivity contribution in [2.24, 2.45) is 17.8 Å². The Hall–Kier alpha value is -1.61. The molecule has 4 atom stereocenters. The molecule has 3 aliphatic carbocycles. The van der Waals surface area contributed by atoms with Gasteiger partial charge in [-0.25, -0.2) is 0 Å². The first-order valence-electron chi connectivity index (χ1n) is 11.2. The third kappa shape index (κ3) is 2.51. The van der Waals surface area contributed by atoms with E-state index in [-0.39, 0.29) is 11.5 Å². The molecule has 1 heterocycles. The number of carbonyl (C=O) groups is 1. The zero-order valence-corrected chi connectivity index (χ0v) is 18.4. The molecule has 30 heavy (non-hydrogen) atoms. The molecule has 3 fully saturated rings. The minimum atomic E-state index is -0.344. The molecule has 0 N–H and O–H groups in total. The van der Waals surface area contributed by atoms with Gasteiger partial charge in [0.15, 0.2) is 5.78 Å². The van der Waals surface area contributed by atoms with Gasteiger partial charge in [-0.15, -0.1) is 0 Å². The summed E-state index contributed by atoms with van der Waals surface area (Å²) in [6, 6.07) is 16.0. The van der Waals surface area contributed by atoms with E-state index in [9.17, 15) is 4.79 Å². The molecule has 0 aromatic heterocycles. The summed E-state index contributed by atoms with van der Waals surface area (Å²) in [7, 11) is 0. The second-order valence-electron chi connectivity index (χ2n) is 9.40. The molecule has 0 radical (unpaired) electrons. The summed E-state index contributed by atoms with van der Waals surface area (Å²) >= 11 is 12.4. The molecule has 2 nitrogen and oxygen atoms in total. The van der Waals surface area contributed by atoms with Crippen LogP contribution in [0.3, 0.4) is 0 Å². The van der Waals surface area contributed by atoms with Crippen LogP contribution in [-0.4, -0.2) is 29.3 Å². The molecule has 2 aromatic carbocycles. The van der Waals surface area contributed by atoms with Crippen molar-refractivity contribution in [2.75, 3.05) is 13.1 Å². The standard InChI is InChI=1S/C26H25Cl2NO/c27-20-9-4-16(5-10-20)22-23(17-6-11-21(28)12-7-17)25(30)26(29-13-1-2-14-29)19-8-3-18(15-19)24(22)26/h4-7,9-12,18-19,24H,1-3,8,13-15H2/t18?,19?,24-,26+/m1/s1. The van der Waals surface area contributed by atoms with Crippen molar-refractivity contribution < 1.29 is 4.79 Å². The zero-order chi connectivity index (χ0) is 20.5. The maximum atomic E-state index is 14.5. The monoisotopic (exact) mass is 437 g/mol. The van der Waals surface area contributed by atoms with E-state index >= 15 is 0 Å². The Morgan fingerprint density at radius 3 is 2.07 bits per heavy atom. The number of halogens is 2. The number of carbonyl (C=O) groups excluding carboxylic acids is 1. The number of hydrogen-bond acceptors (Lipinski definition) is 2. The van der Waals surface area contributed by atoms with Crippen LogP contribution in [0.1, 0.15) is 43.2 Å². The average molecular weight is 438 g/mol. The smallest absolute Gasteiger partial charge is 0.184 e. The molecule has 154 valence electrons. The van der Waals surface area contributed by atoms with Gasteiger partial charge in [0.25, 0.3) is 0 Å². The van der Waals surface area contributed by atoms with Gasteiger partial charge in [0.1, 0.15) is 0 Å². The lowest BCUT2D eigenvalue weighted by Crippen LogP contribution is -2.59. The van der Waals surface area contributed by atoms with E-state index in [0.717, 1.165) is 34.8 Å². The van der Waals surface area contributed by atoms with Crippen LogP contribution in [0.25, 0.3) is 11.1 Å². The summed E-state index contributed by atoms with van der Waals surface area (Å²) in [4.78, 5) is 17.0. The minimum absolute atomic E-state index is 0.286. The van der Waals surface area contributed by atoms with Gasteiger partial charge in [-0.3, -0.25) is 9.69 Å². The number of ketones is 1. The number of likely N-dealkylation sites (tertiary alicyclic amines) is 1. The molecule has 1 aliphatic heterocycles. The van der Waals surface area contributed by atoms with Crippen molar-refractivity contribution in [1.82, 2.24) is 4.90 Å². The number of rotatable bonds is 3. The van der Waals surface area contributed by atoms with Gasteiger partial charge in [0.2, 0.25) is 0 Å². The Morgan fingerprint density at radius 1 is 0.833 bits per heavy atom. The number of nitrogens with zero attached hydrogens (tertiary/aromatic N) is 1. The first-order chi connectivity index (χ1) is 14.6. The average Bonchev–Trinajstić information content (AvgIpc) is 3.52. The van der Waals surface area contributed by atoms with Gasteiger partial charge < -0.3 is 0 Å². The quantitative estimate of drug-likeness (QED) is 0.555. The number of benzene rings is 2. The maximum absolute atomic E-state index is 14.5. The molecule has 6 rings (SSSR count). The number of fused-ring (bicyclic) bond motifs is 5. The molecule has 4 aliphatic rings. The molecule has 2 unspecified atom stereocenters. The van der Waals surface area contributed by atoms with E-state index in [2.05, 4.69) is 17.0 Å². The highest BCUT2D eigenvalue weighted by molar-refractivity contribution is 6.36. The Labute approximate surface area is 187 Å². The first kappa shape index (κ1) is 19.1. The lowest BCUT2D eigenvalue weighted by molar-refractivity contribution is -0.129. The highest BCUT2D eigenvalue weighted by Crippen LogP contribution is 2.67. The molecule has 4 heteroatoms. The predicted molar refractivity (Wildman–Crippen MR) is 123 cm³/mol. The van der Waals surface area contributed by atoms with Crippen LogP contribution in [0.15, 0.2) is 48.5 Å². The molecule has 1 saturated heterocycles. The van der Waals surface area contributed by atoms with Crippen LogP contribution in [0, 0.1) is 17.8 Å². The molecule has 0 spiro atoms. The number of hydrogen-bond donors (Lipinski definition) is 0. The second kappa shape index (κ2) is 6.95. The largest absolute Gasteiger partial charge is 0.292 e. The van der Waals surface area contributed by atoms with Crippen LogP contribution in [-0.2, 0) is 4.79 Å². The molecule has 0 amide bonds. The van der Waals surface area contributed by atoms with Crippen LogP contribution in [0.5, 0.6) is 0 Å². The molecular weight excluding hydrogens is 413 g/mol. The lowest BCUT2D eigenvalue weighted by Gasteiger charge is -2.46. The fourth-order valence-corrected chi connectivity index (χ4v) is 7.39. The van der Waals surface area contributed by atoms with Crippen molar-refractivity contribution in [3.63, 3.8) is 0 Å². The van der Waals surface area contributed by atoms with E-state index < -0.39 is 0 Å². The normalized spacial score (nSPS) is 33.0. The fraction of sp³-hybridized carbons (Fsp3) is 0.423. The third-order valence-corrected chi connectivity index (χ3v) is 8.63. The number of Topliss-reactive ketones (excluding diaryl/α,β-unsaturated/α-hetero) is 1. The summed E-state index contributed by atoms with van der Waals surface area (Å²) in [5, 5.41) is 1.43. The van der Waals surface area contributed by atoms with Gasteiger partial charge in [-0.2, -0.15) is 0 Å². The highest BCUT2D eigenvalue weighted by atomic mass is 35.5. The Balaban J connectivity index is 1.60. The Bertz CT molecular complexity index is 1040. The lowest BCUT2D eigenvalue weighted by atomic mass is 9.70. The van der Waals surface area contributed by atoms with Crippen LogP contribution < -0.4 is 0 Å². The highest BCUT2D eigenvalue weighted by Gasteiger charge is 2.69. The fourth-order valence-electron chi connectivity index (χ4n) is 7.13. The van der Waals surface area contributed by atoms with Crippen LogP contribution >= 0.6 is 23.2 Å². The summed E-state index contributed by atoms with van der Waals surface area (Å²) in [5.74, 6) is 1.71. The van der Waals surface area contributed by atoms with E-state index in [4.69, 9.17) is 23.2 Å². The van der Waals surface area contributed by atoms with Gasteiger partial charge in [-0.1, -0.05) is 47.5 Å². The zero-order valence-electron chi connectivity index (χ0n) is 16.9. The van der Waals surface area contributed by atoms with Crippen molar-refractivity contribution in [3.8, 4) is 0 Å².